The number of benzene rings is 2. The number of ether oxygens (including phenoxy) is 2. The van der Waals surface area contributed by atoms with E-state index in [4.69, 9.17) is 21.1 Å². The van der Waals surface area contributed by atoms with Crippen LogP contribution in [0.25, 0.3) is 22.2 Å². The summed E-state index contributed by atoms with van der Waals surface area (Å²) in [6.45, 7) is 8.17. The first-order valence-corrected chi connectivity index (χ1v) is 13.7. The Balaban J connectivity index is 1.47. The van der Waals surface area contributed by atoms with Crippen LogP contribution < -0.4 is 19.8 Å². The van der Waals surface area contributed by atoms with Gasteiger partial charge in [-0.3, -0.25) is 9.78 Å². The highest BCUT2D eigenvalue weighted by Crippen LogP contribution is 2.30. The molecule has 200 valence electrons. The van der Waals surface area contributed by atoms with Crippen molar-refractivity contribution in [2.45, 2.75) is 45.0 Å². The van der Waals surface area contributed by atoms with Crippen molar-refractivity contribution in [3.05, 3.63) is 81.7 Å². The Kier molecular flexibility index (Phi) is 8.62. The van der Waals surface area contributed by atoms with E-state index in [0.29, 0.717) is 22.2 Å². The minimum atomic E-state index is -1.23. The van der Waals surface area contributed by atoms with Crippen molar-refractivity contribution >= 4 is 33.9 Å². The number of nitrogens with one attached hydrogen (secondary N) is 1. The third-order valence-electron chi connectivity index (χ3n) is 5.94. The summed E-state index contributed by atoms with van der Waals surface area (Å²) in [5.74, 6) is 1.38. The predicted molar refractivity (Wildman–Crippen MR) is 152 cm³/mol. The number of aromatic nitrogens is 3. The van der Waals surface area contributed by atoms with Crippen LogP contribution in [0.15, 0.2) is 65.6 Å². The van der Waals surface area contributed by atoms with Crippen molar-refractivity contribution in [3.8, 4) is 22.8 Å². The zero-order valence-electron chi connectivity index (χ0n) is 22.0. The van der Waals surface area contributed by atoms with Gasteiger partial charge in [-0.15, -0.1) is 4.72 Å². The van der Waals surface area contributed by atoms with E-state index in [0.717, 1.165) is 22.0 Å². The van der Waals surface area contributed by atoms with Crippen molar-refractivity contribution in [2.75, 3.05) is 13.7 Å². The lowest BCUT2D eigenvalue weighted by atomic mass is 10.0. The molecule has 2 heterocycles. The molecule has 38 heavy (non-hydrogen) atoms. The Labute approximate surface area is 230 Å². The summed E-state index contributed by atoms with van der Waals surface area (Å²) in [6.07, 6.45) is 1.67. The SMILES string of the molecule is COc1ccc2c(OCCn3nc(-c4ccc([C@@H](C)N[S+]([O-])C(C)(C)C)c(Cl)c4)ccc3=O)ccnc2c1. The van der Waals surface area contributed by atoms with Gasteiger partial charge in [0.2, 0.25) is 0 Å². The van der Waals surface area contributed by atoms with Gasteiger partial charge in [0, 0.05) is 45.7 Å². The zero-order chi connectivity index (χ0) is 27.4. The van der Waals surface area contributed by atoms with E-state index >= 15 is 0 Å². The van der Waals surface area contributed by atoms with Gasteiger partial charge >= 0.3 is 0 Å². The van der Waals surface area contributed by atoms with Crippen molar-refractivity contribution in [1.29, 1.82) is 0 Å². The van der Waals surface area contributed by atoms with E-state index < -0.39 is 11.4 Å². The van der Waals surface area contributed by atoms with Crippen molar-refractivity contribution in [3.63, 3.8) is 0 Å². The molecule has 4 aromatic rings. The largest absolute Gasteiger partial charge is 0.598 e. The molecule has 0 amide bonds. The van der Waals surface area contributed by atoms with Gasteiger partial charge < -0.3 is 14.0 Å². The first-order valence-electron chi connectivity index (χ1n) is 12.2. The maximum Gasteiger partial charge on any atom is 0.266 e. The van der Waals surface area contributed by atoms with Crippen LogP contribution in [0.2, 0.25) is 5.02 Å². The molecule has 0 aliphatic carbocycles. The van der Waals surface area contributed by atoms with Gasteiger partial charge in [-0.2, -0.15) is 5.10 Å². The van der Waals surface area contributed by atoms with E-state index in [2.05, 4.69) is 14.8 Å². The molecule has 2 aromatic carbocycles. The first-order chi connectivity index (χ1) is 18.1. The Morgan fingerprint density at radius 1 is 1.13 bits per heavy atom. The number of pyridine rings is 1. The summed E-state index contributed by atoms with van der Waals surface area (Å²) in [7, 11) is 1.61. The number of hydrogen-bond donors (Lipinski definition) is 1. The maximum absolute atomic E-state index is 12.5. The van der Waals surface area contributed by atoms with Crippen LogP contribution in [-0.2, 0) is 17.9 Å². The minimum absolute atomic E-state index is 0.207. The third kappa shape index (κ3) is 6.47. The number of rotatable bonds is 9. The molecule has 1 N–H and O–H groups in total. The van der Waals surface area contributed by atoms with Gasteiger partial charge in [-0.25, -0.2) is 4.68 Å². The highest BCUT2D eigenvalue weighted by Gasteiger charge is 2.29. The Hall–Kier alpha value is -3.11. The van der Waals surface area contributed by atoms with E-state index in [9.17, 15) is 9.35 Å². The van der Waals surface area contributed by atoms with Gasteiger partial charge in [0.05, 0.1) is 30.9 Å². The minimum Gasteiger partial charge on any atom is -0.598 e. The fourth-order valence-corrected chi connectivity index (χ4v) is 4.94. The lowest BCUT2D eigenvalue weighted by Crippen LogP contribution is -2.40. The second-order valence-corrected chi connectivity index (χ2v) is 12.2. The maximum atomic E-state index is 12.5. The molecule has 8 nitrogen and oxygen atoms in total. The second-order valence-electron chi connectivity index (χ2n) is 9.78. The molecule has 10 heteroatoms. The van der Waals surface area contributed by atoms with Gasteiger partial charge in [-0.1, -0.05) is 23.7 Å². The summed E-state index contributed by atoms with van der Waals surface area (Å²) < 4.78 is 27.8. The standard InChI is InChI=1S/C28H31ClN4O4S/c1-18(32-38(35)28(2,3)4)21-8-6-19(16-23(21)29)24-10-11-27(34)33(31-24)14-15-37-26-12-13-30-25-17-20(36-5)7-9-22(25)26/h6-13,16-18,32H,14-15H2,1-5H3/t18-,38?/m1/s1. The summed E-state index contributed by atoms with van der Waals surface area (Å²) in [5, 5.41) is 5.91. The monoisotopic (exact) mass is 554 g/mol. The summed E-state index contributed by atoms with van der Waals surface area (Å²) in [6, 6.07) is 15.9. The summed E-state index contributed by atoms with van der Waals surface area (Å²) in [5.41, 5.74) is 2.74. The number of halogens is 1. The second kappa shape index (κ2) is 11.7. The topological polar surface area (TPSA) is 101 Å². The average molecular weight is 555 g/mol. The molecular weight excluding hydrogens is 524 g/mol. The van der Waals surface area contributed by atoms with Crippen LogP contribution >= 0.6 is 11.6 Å². The number of methoxy groups -OCH3 is 1. The molecule has 2 atom stereocenters. The quantitative estimate of drug-likeness (QED) is 0.280. The summed E-state index contributed by atoms with van der Waals surface area (Å²) >= 11 is 5.36. The fraction of sp³-hybridized carbons (Fsp3) is 0.321. The number of fused-ring (bicyclic) bond motifs is 1. The Morgan fingerprint density at radius 2 is 1.92 bits per heavy atom. The van der Waals surface area contributed by atoms with Crippen LogP contribution in [0.5, 0.6) is 11.5 Å². The summed E-state index contributed by atoms with van der Waals surface area (Å²) in [4.78, 5) is 16.8. The number of nitrogens with zero attached hydrogens (tertiary/aromatic N) is 3. The van der Waals surface area contributed by atoms with E-state index in [-0.39, 0.29) is 29.5 Å². The van der Waals surface area contributed by atoms with Gasteiger partial charge in [0.1, 0.15) is 22.9 Å². The molecular formula is C28H31ClN4O4S. The Bertz CT molecular complexity index is 1490. The Morgan fingerprint density at radius 3 is 2.63 bits per heavy atom. The predicted octanol–water partition coefficient (Wildman–Crippen LogP) is 5.31. The van der Waals surface area contributed by atoms with Gasteiger partial charge in [0.15, 0.2) is 0 Å². The molecule has 0 aliphatic heterocycles. The molecule has 0 spiro atoms. The highest BCUT2D eigenvalue weighted by molar-refractivity contribution is 7.90. The normalized spacial score (nSPS) is 13.3. The third-order valence-corrected chi connectivity index (χ3v) is 7.95. The van der Waals surface area contributed by atoms with E-state index in [1.807, 2.05) is 58.0 Å². The molecule has 4 rings (SSSR count). The van der Waals surface area contributed by atoms with Crippen molar-refractivity contribution in [2.24, 2.45) is 0 Å². The molecule has 0 radical (unpaired) electrons. The molecule has 0 aliphatic rings. The first kappa shape index (κ1) is 27.9. The molecule has 0 bridgehead atoms. The lowest BCUT2D eigenvalue weighted by Gasteiger charge is -2.27. The molecule has 1 unspecified atom stereocenters. The van der Waals surface area contributed by atoms with Crippen LogP contribution in [0.3, 0.4) is 0 Å². The van der Waals surface area contributed by atoms with Crippen LogP contribution in [0, 0.1) is 0 Å². The van der Waals surface area contributed by atoms with Crippen LogP contribution in [0.1, 0.15) is 39.3 Å². The van der Waals surface area contributed by atoms with Crippen molar-refractivity contribution < 1.29 is 14.0 Å². The molecule has 0 saturated heterocycles. The average Bonchev–Trinajstić information content (AvgIpc) is 2.88. The molecule has 0 saturated carbocycles. The van der Waals surface area contributed by atoms with Gasteiger partial charge in [0.25, 0.3) is 5.56 Å². The molecule has 2 aromatic heterocycles. The van der Waals surface area contributed by atoms with Crippen LogP contribution in [-0.4, -0.2) is 37.8 Å². The van der Waals surface area contributed by atoms with Crippen LogP contribution in [0.4, 0.5) is 0 Å². The number of hydrogen-bond acceptors (Lipinski definition) is 7. The lowest BCUT2D eigenvalue weighted by molar-refractivity contribution is 0.291. The van der Waals surface area contributed by atoms with Crippen molar-refractivity contribution in [1.82, 2.24) is 19.5 Å². The fourth-order valence-electron chi connectivity index (χ4n) is 3.80. The zero-order valence-corrected chi connectivity index (χ0v) is 23.6. The smallest absolute Gasteiger partial charge is 0.266 e. The molecule has 0 fully saturated rings. The highest BCUT2D eigenvalue weighted by atomic mass is 35.5. The van der Waals surface area contributed by atoms with Gasteiger partial charge in [-0.05, 0) is 63.6 Å². The van der Waals surface area contributed by atoms with E-state index in [1.54, 1.807) is 31.5 Å². The van der Waals surface area contributed by atoms with E-state index in [1.165, 1.54) is 10.7 Å².